The first-order chi connectivity index (χ1) is 16.0. The first-order valence-corrected chi connectivity index (χ1v) is 12.6. The maximum atomic E-state index is 12.9. The predicted molar refractivity (Wildman–Crippen MR) is 131 cm³/mol. The van der Waals surface area contributed by atoms with E-state index in [0.29, 0.717) is 38.6 Å². The largest absolute Gasteiger partial charge is 0.493 e. The molecule has 1 saturated heterocycles. The minimum Gasteiger partial charge on any atom is -0.493 e. The van der Waals surface area contributed by atoms with Crippen LogP contribution in [0.5, 0.6) is 5.75 Å². The van der Waals surface area contributed by atoms with Crippen LogP contribution in [-0.2, 0) is 10.3 Å². The lowest BCUT2D eigenvalue weighted by Gasteiger charge is -2.43. The molecule has 0 radical (unpaired) electrons. The molecular weight excluding hydrogens is 418 g/mol. The van der Waals surface area contributed by atoms with E-state index in [-0.39, 0.29) is 18.0 Å². The standard InChI is InChI=1S/C26H43N3O4/c1-20(17-27-2)28-25(30)29-15-8-9-22(18-29)26(31,14-6-7-16-32-3)23-10-4-5-11-24(23)33-19-21-12-13-21/h4-5,10-11,20-22,27,31H,6-9,12-19H2,1-3H3,(H,28,30). The van der Waals surface area contributed by atoms with E-state index in [9.17, 15) is 9.90 Å². The van der Waals surface area contributed by atoms with Gasteiger partial charge in [0.15, 0.2) is 0 Å². The number of urea groups is 1. The van der Waals surface area contributed by atoms with Crippen LogP contribution in [0.2, 0.25) is 0 Å². The summed E-state index contributed by atoms with van der Waals surface area (Å²) in [6, 6.07) is 7.93. The highest BCUT2D eigenvalue weighted by Crippen LogP contribution is 2.44. The number of nitrogens with zero attached hydrogens (tertiary/aromatic N) is 1. The number of amides is 2. The van der Waals surface area contributed by atoms with Crippen LogP contribution in [0, 0.1) is 11.8 Å². The first kappa shape index (κ1) is 25.8. The van der Waals surface area contributed by atoms with Crippen LogP contribution < -0.4 is 15.4 Å². The van der Waals surface area contributed by atoms with Crippen LogP contribution >= 0.6 is 0 Å². The molecule has 3 unspecified atom stereocenters. The second-order valence-corrected chi connectivity index (χ2v) is 9.82. The third kappa shape index (κ3) is 7.33. The maximum Gasteiger partial charge on any atom is 0.317 e. The number of likely N-dealkylation sites (tertiary alicyclic amines) is 1. The Kier molecular flexibility index (Phi) is 9.83. The van der Waals surface area contributed by atoms with Crippen molar-refractivity contribution in [1.29, 1.82) is 0 Å². The van der Waals surface area contributed by atoms with Crippen molar-refractivity contribution in [2.24, 2.45) is 11.8 Å². The minimum absolute atomic E-state index is 0.0485. The Bertz CT molecular complexity index is 742. The summed E-state index contributed by atoms with van der Waals surface area (Å²) >= 11 is 0. The molecule has 2 aliphatic rings. The highest BCUT2D eigenvalue weighted by atomic mass is 16.5. The van der Waals surface area contributed by atoms with E-state index in [0.717, 1.165) is 43.5 Å². The lowest BCUT2D eigenvalue weighted by atomic mass is 9.73. The van der Waals surface area contributed by atoms with Crippen molar-refractivity contribution in [1.82, 2.24) is 15.5 Å². The summed E-state index contributed by atoms with van der Waals surface area (Å²) in [7, 11) is 3.59. The number of carbonyl (C=O) groups excluding carboxylic acids is 1. The lowest BCUT2D eigenvalue weighted by Crippen LogP contribution is -2.53. The molecule has 3 rings (SSSR count). The summed E-state index contributed by atoms with van der Waals surface area (Å²) in [4.78, 5) is 14.8. The zero-order valence-corrected chi connectivity index (χ0v) is 20.6. The van der Waals surface area contributed by atoms with Crippen LogP contribution in [-0.4, -0.2) is 69.1 Å². The zero-order chi connectivity index (χ0) is 23.7. The van der Waals surface area contributed by atoms with Crippen molar-refractivity contribution in [3.8, 4) is 5.75 Å². The summed E-state index contributed by atoms with van der Waals surface area (Å²) in [6.45, 7) is 5.36. The van der Waals surface area contributed by atoms with E-state index in [2.05, 4.69) is 10.6 Å². The van der Waals surface area contributed by atoms with E-state index in [1.807, 2.05) is 43.1 Å². The molecule has 2 fully saturated rings. The fraction of sp³-hybridized carbons (Fsp3) is 0.731. The number of nitrogens with one attached hydrogen (secondary N) is 2. The number of para-hydroxylation sites is 1. The molecule has 1 aromatic carbocycles. The molecule has 0 bridgehead atoms. The fourth-order valence-electron chi connectivity index (χ4n) is 4.85. The van der Waals surface area contributed by atoms with Gasteiger partial charge in [-0.2, -0.15) is 0 Å². The summed E-state index contributed by atoms with van der Waals surface area (Å²) in [5, 5.41) is 18.4. The Morgan fingerprint density at radius 3 is 2.79 bits per heavy atom. The number of ether oxygens (including phenoxy) is 2. The Morgan fingerprint density at radius 1 is 1.27 bits per heavy atom. The van der Waals surface area contributed by atoms with Gasteiger partial charge in [-0.3, -0.25) is 0 Å². The lowest BCUT2D eigenvalue weighted by molar-refractivity contribution is -0.0580. The third-order valence-electron chi connectivity index (χ3n) is 6.95. The van der Waals surface area contributed by atoms with Crippen LogP contribution in [0.1, 0.15) is 57.4 Å². The minimum atomic E-state index is -1.05. The van der Waals surface area contributed by atoms with Crippen molar-refractivity contribution < 1.29 is 19.4 Å². The van der Waals surface area contributed by atoms with Crippen molar-refractivity contribution >= 4 is 6.03 Å². The Hall–Kier alpha value is -1.83. The van der Waals surface area contributed by atoms with Gasteiger partial charge in [0.05, 0.1) is 12.2 Å². The maximum absolute atomic E-state index is 12.9. The summed E-state index contributed by atoms with van der Waals surface area (Å²) in [5.41, 5.74) is -0.192. The molecule has 0 aromatic heterocycles. The highest BCUT2D eigenvalue weighted by Gasteiger charge is 2.43. The summed E-state index contributed by atoms with van der Waals surface area (Å²) < 4.78 is 11.4. The average molecular weight is 462 g/mol. The van der Waals surface area contributed by atoms with E-state index in [1.165, 1.54) is 12.8 Å². The topological polar surface area (TPSA) is 83.1 Å². The third-order valence-corrected chi connectivity index (χ3v) is 6.95. The van der Waals surface area contributed by atoms with Crippen LogP contribution in [0.4, 0.5) is 4.79 Å². The second kappa shape index (κ2) is 12.6. The van der Waals surface area contributed by atoms with Gasteiger partial charge in [0.25, 0.3) is 0 Å². The molecule has 3 atom stereocenters. The molecule has 7 heteroatoms. The number of hydrogen-bond donors (Lipinski definition) is 3. The predicted octanol–water partition coefficient (Wildman–Crippen LogP) is 3.51. The molecule has 33 heavy (non-hydrogen) atoms. The van der Waals surface area contributed by atoms with E-state index in [1.54, 1.807) is 7.11 Å². The fourth-order valence-corrected chi connectivity index (χ4v) is 4.85. The molecule has 2 amide bonds. The molecule has 186 valence electrons. The molecule has 1 aliphatic carbocycles. The number of piperidine rings is 1. The van der Waals surface area contributed by atoms with E-state index >= 15 is 0 Å². The Morgan fingerprint density at radius 2 is 2.06 bits per heavy atom. The number of unbranched alkanes of at least 4 members (excludes halogenated alkanes) is 1. The van der Waals surface area contributed by atoms with Gasteiger partial charge in [-0.25, -0.2) is 4.79 Å². The molecule has 3 N–H and O–H groups in total. The quantitative estimate of drug-likeness (QED) is 0.392. The number of rotatable bonds is 13. The van der Waals surface area contributed by atoms with Gasteiger partial charge in [0.2, 0.25) is 0 Å². The van der Waals surface area contributed by atoms with Crippen molar-refractivity contribution in [2.75, 3.05) is 47.0 Å². The number of hydrogen-bond acceptors (Lipinski definition) is 5. The normalized spacial score (nSPS) is 21.3. The molecule has 1 aliphatic heterocycles. The van der Waals surface area contributed by atoms with Gasteiger partial charge in [-0.1, -0.05) is 18.2 Å². The number of methoxy groups -OCH3 is 1. The van der Waals surface area contributed by atoms with Crippen LogP contribution in [0.15, 0.2) is 24.3 Å². The summed E-state index contributed by atoms with van der Waals surface area (Å²) in [5.74, 6) is 1.37. The van der Waals surface area contributed by atoms with Gasteiger partial charge in [0, 0.05) is 50.9 Å². The van der Waals surface area contributed by atoms with Gasteiger partial charge >= 0.3 is 6.03 Å². The van der Waals surface area contributed by atoms with Gasteiger partial charge in [-0.15, -0.1) is 0 Å². The molecule has 1 aromatic rings. The van der Waals surface area contributed by atoms with E-state index < -0.39 is 5.60 Å². The second-order valence-electron chi connectivity index (χ2n) is 9.82. The monoisotopic (exact) mass is 461 g/mol. The first-order valence-electron chi connectivity index (χ1n) is 12.6. The van der Waals surface area contributed by atoms with Crippen LogP contribution in [0.3, 0.4) is 0 Å². The molecule has 7 nitrogen and oxygen atoms in total. The number of carbonyl (C=O) groups is 1. The average Bonchev–Trinajstić information content (AvgIpc) is 3.65. The van der Waals surface area contributed by atoms with Crippen molar-refractivity contribution in [3.05, 3.63) is 29.8 Å². The highest BCUT2D eigenvalue weighted by molar-refractivity contribution is 5.74. The molecule has 0 spiro atoms. The van der Waals surface area contributed by atoms with Gasteiger partial charge < -0.3 is 30.1 Å². The molecular formula is C26H43N3O4. The Labute approximate surface area is 199 Å². The number of likely N-dealkylation sites (N-methyl/N-ethyl adjacent to an activating group) is 1. The van der Waals surface area contributed by atoms with E-state index in [4.69, 9.17) is 9.47 Å². The SMILES string of the molecule is CNCC(C)NC(=O)N1CCCC(C(O)(CCCCOC)c2ccccc2OCC2CC2)C1. The molecule has 1 saturated carbocycles. The number of benzene rings is 1. The summed E-state index contributed by atoms with van der Waals surface area (Å²) in [6.07, 6.45) is 6.57. The number of aliphatic hydroxyl groups is 1. The zero-order valence-electron chi connectivity index (χ0n) is 20.6. The van der Waals surface area contributed by atoms with Gasteiger partial charge in [-0.05, 0) is 70.9 Å². The Balaban J connectivity index is 1.78. The van der Waals surface area contributed by atoms with Gasteiger partial charge in [0.1, 0.15) is 5.75 Å². The van der Waals surface area contributed by atoms with Crippen LogP contribution in [0.25, 0.3) is 0 Å². The van der Waals surface area contributed by atoms with Crippen molar-refractivity contribution in [2.45, 2.75) is 63.5 Å². The molecule has 1 heterocycles. The van der Waals surface area contributed by atoms with Crippen molar-refractivity contribution in [3.63, 3.8) is 0 Å². The smallest absolute Gasteiger partial charge is 0.317 e.